The summed E-state index contributed by atoms with van der Waals surface area (Å²) in [6, 6.07) is 15.4. The van der Waals surface area contributed by atoms with Gasteiger partial charge in [-0.25, -0.2) is 9.78 Å². The molecule has 1 aliphatic heterocycles. The molecule has 0 saturated carbocycles. The van der Waals surface area contributed by atoms with Gasteiger partial charge in [-0.3, -0.25) is 14.5 Å². The van der Waals surface area contributed by atoms with E-state index in [9.17, 15) is 14.4 Å². The van der Waals surface area contributed by atoms with Crippen molar-refractivity contribution in [1.29, 1.82) is 0 Å². The maximum Gasteiger partial charge on any atom is 0.325 e. The molecule has 0 radical (unpaired) electrons. The number of benzene rings is 2. The van der Waals surface area contributed by atoms with Crippen LogP contribution in [0.2, 0.25) is 0 Å². The van der Waals surface area contributed by atoms with Crippen LogP contribution in [-0.4, -0.2) is 34.3 Å². The minimum atomic E-state index is -1.07. The fourth-order valence-corrected chi connectivity index (χ4v) is 5.72. The molecular weight excluding hydrogens is 448 g/mol. The molecule has 2 aromatic carbocycles. The van der Waals surface area contributed by atoms with Crippen LogP contribution in [-0.2, 0) is 28.0 Å². The Labute approximate surface area is 202 Å². The lowest BCUT2D eigenvalue weighted by Crippen LogP contribution is -2.42. The quantitative estimate of drug-likeness (QED) is 0.518. The maximum absolute atomic E-state index is 13.3. The number of thiazole rings is 1. The van der Waals surface area contributed by atoms with Gasteiger partial charge in [0.15, 0.2) is 5.13 Å². The Balaban J connectivity index is 1.28. The summed E-state index contributed by atoms with van der Waals surface area (Å²) in [4.78, 5) is 45.3. The zero-order chi connectivity index (χ0) is 23.9. The number of anilines is 1. The van der Waals surface area contributed by atoms with E-state index in [1.54, 1.807) is 0 Å². The molecule has 2 aliphatic rings. The van der Waals surface area contributed by atoms with Gasteiger partial charge < -0.3 is 10.6 Å². The lowest BCUT2D eigenvalue weighted by Gasteiger charge is -2.22. The normalized spacial score (nSPS) is 18.9. The number of rotatable bonds is 6. The zero-order valence-electron chi connectivity index (χ0n) is 19.2. The molecule has 1 spiro atoms. The summed E-state index contributed by atoms with van der Waals surface area (Å²) in [7, 11) is 0. The number of urea groups is 1. The fourth-order valence-electron chi connectivity index (χ4n) is 4.87. The van der Waals surface area contributed by atoms with Gasteiger partial charge in [0.2, 0.25) is 5.91 Å². The Hall–Kier alpha value is -3.52. The molecular formula is C26H26N4O3S. The summed E-state index contributed by atoms with van der Waals surface area (Å²) in [5.41, 5.74) is 3.90. The maximum atomic E-state index is 13.3. The average molecular weight is 475 g/mol. The summed E-state index contributed by atoms with van der Waals surface area (Å²) < 4.78 is 0. The number of carbonyl (C=O) groups excluding carboxylic acids is 3. The van der Waals surface area contributed by atoms with Crippen LogP contribution in [0, 0.1) is 6.92 Å². The topological polar surface area (TPSA) is 91.4 Å². The number of fused-ring (bicyclic) bond motifs is 2. The molecule has 1 saturated heterocycles. The number of aryl methyl sites for hydroxylation is 3. The van der Waals surface area contributed by atoms with Gasteiger partial charge >= 0.3 is 6.03 Å². The van der Waals surface area contributed by atoms with Crippen LogP contribution in [0.25, 0.3) is 11.3 Å². The number of nitrogens with zero attached hydrogens (tertiary/aromatic N) is 2. The van der Waals surface area contributed by atoms with Gasteiger partial charge in [0, 0.05) is 10.4 Å². The molecule has 1 aromatic heterocycles. The summed E-state index contributed by atoms with van der Waals surface area (Å²) in [6.45, 7) is 3.76. The minimum absolute atomic E-state index is 0.353. The van der Waals surface area contributed by atoms with Crippen LogP contribution in [0.1, 0.15) is 41.3 Å². The van der Waals surface area contributed by atoms with Gasteiger partial charge in [0.1, 0.15) is 12.1 Å². The molecule has 1 fully saturated rings. The number of imide groups is 1. The Kier molecular flexibility index (Phi) is 5.69. The monoisotopic (exact) mass is 474 g/mol. The van der Waals surface area contributed by atoms with Crippen LogP contribution in [0.5, 0.6) is 0 Å². The molecule has 0 bridgehead atoms. The van der Waals surface area contributed by atoms with Gasteiger partial charge in [0.05, 0.1) is 5.69 Å². The third kappa shape index (κ3) is 3.77. The van der Waals surface area contributed by atoms with Gasteiger partial charge in [-0.1, -0.05) is 61.9 Å². The van der Waals surface area contributed by atoms with Crippen LogP contribution in [0.15, 0.2) is 48.5 Å². The molecule has 1 atom stereocenters. The van der Waals surface area contributed by atoms with Gasteiger partial charge in [-0.15, -0.1) is 11.3 Å². The largest absolute Gasteiger partial charge is 0.325 e. The predicted octanol–water partition coefficient (Wildman–Crippen LogP) is 4.40. The molecule has 8 heteroatoms. The van der Waals surface area contributed by atoms with Crippen molar-refractivity contribution < 1.29 is 14.4 Å². The van der Waals surface area contributed by atoms with Crippen LogP contribution in [0.4, 0.5) is 9.93 Å². The van der Waals surface area contributed by atoms with Crippen molar-refractivity contribution in [2.45, 2.75) is 45.1 Å². The molecule has 34 heavy (non-hydrogen) atoms. The van der Waals surface area contributed by atoms with Crippen molar-refractivity contribution in [3.8, 4) is 11.3 Å². The number of aromatic nitrogens is 1. The highest BCUT2D eigenvalue weighted by molar-refractivity contribution is 7.16. The van der Waals surface area contributed by atoms with E-state index in [1.807, 2.05) is 43.3 Å². The molecule has 4 amide bonds. The standard InChI is InChI=1S/C26H26N4O3S/c1-3-6-17-9-11-19(12-10-17)22-16(2)34-24(28-22)27-21(31)15-30-23(32)26(29-25(30)33)14-13-18-7-4-5-8-20(18)26/h4-5,7-12H,3,6,13-15H2,1-2H3,(H,29,33)(H,27,28,31). The number of nitrogens with one attached hydrogen (secondary N) is 2. The van der Waals surface area contributed by atoms with E-state index >= 15 is 0 Å². The Morgan fingerprint density at radius 3 is 2.71 bits per heavy atom. The first-order valence-electron chi connectivity index (χ1n) is 11.5. The Morgan fingerprint density at radius 1 is 1.18 bits per heavy atom. The van der Waals surface area contributed by atoms with Crippen molar-refractivity contribution in [3.63, 3.8) is 0 Å². The molecule has 5 rings (SSSR count). The van der Waals surface area contributed by atoms with E-state index < -0.39 is 17.5 Å². The summed E-state index contributed by atoms with van der Waals surface area (Å²) in [5, 5.41) is 6.06. The number of hydrogen-bond donors (Lipinski definition) is 2. The van der Waals surface area contributed by atoms with Crippen molar-refractivity contribution in [2.24, 2.45) is 0 Å². The fraction of sp³-hybridized carbons (Fsp3) is 0.308. The summed E-state index contributed by atoms with van der Waals surface area (Å²) in [5.74, 6) is -0.828. The lowest BCUT2D eigenvalue weighted by atomic mass is 9.92. The first-order chi connectivity index (χ1) is 16.4. The third-order valence-corrected chi connectivity index (χ3v) is 7.42. The first-order valence-corrected chi connectivity index (χ1v) is 12.3. The smallest absolute Gasteiger partial charge is 0.319 e. The predicted molar refractivity (Wildman–Crippen MR) is 132 cm³/mol. The van der Waals surface area contributed by atoms with E-state index in [2.05, 4.69) is 34.7 Å². The highest BCUT2D eigenvalue weighted by atomic mass is 32.1. The SMILES string of the molecule is CCCc1ccc(-c2nc(NC(=O)CN3C(=O)NC4(CCc5ccccc54)C3=O)sc2C)cc1. The second-order valence-corrected chi connectivity index (χ2v) is 10.0. The van der Waals surface area contributed by atoms with E-state index in [0.29, 0.717) is 18.0 Å². The highest BCUT2D eigenvalue weighted by Crippen LogP contribution is 2.41. The van der Waals surface area contributed by atoms with Gasteiger partial charge in [0.25, 0.3) is 5.91 Å². The lowest BCUT2D eigenvalue weighted by molar-refractivity contribution is -0.134. The Bertz CT molecular complexity index is 1280. The first kappa shape index (κ1) is 22.3. The number of amides is 4. The van der Waals surface area contributed by atoms with E-state index in [4.69, 9.17) is 0 Å². The molecule has 2 heterocycles. The molecule has 1 aliphatic carbocycles. The third-order valence-electron chi connectivity index (χ3n) is 6.53. The van der Waals surface area contributed by atoms with Crippen molar-refractivity contribution in [3.05, 3.63) is 70.1 Å². The minimum Gasteiger partial charge on any atom is -0.319 e. The van der Waals surface area contributed by atoms with E-state index in [1.165, 1.54) is 16.9 Å². The van der Waals surface area contributed by atoms with Crippen molar-refractivity contribution in [1.82, 2.24) is 15.2 Å². The Morgan fingerprint density at radius 2 is 1.94 bits per heavy atom. The van der Waals surface area contributed by atoms with Gasteiger partial charge in [-0.05, 0) is 42.9 Å². The van der Waals surface area contributed by atoms with Gasteiger partial charge in [-0.2, -0.15) is 0 Å². The molecule has 1 unspecified atom stereocenters. The number of hydrogen-bond acceptors (Lipinski definition) is 5. The molecule has 174 valence electrons. The van der Waals surface area contributed by atoms with Crippen molar-refractivity contribution in [2.75, 3.05) is 11.9 Å². The van der Waals surface area contributed by atoms with Crippen molar-refractivity contribution >= 4 is 34.3 Å². The van der Waals surface area contributed by atoms with Crippen LogP contribution < -0.4 is 10.6 Å². The summed E-state index contributed by atoms with van der Waals surface area (Å²) >= 11 is 1.37. The van der Waals surface area contributed by atoms with Crippen LogP contribution in [0.3, 0.4) is 0 Å². The second-order valence-electron chi connectivity index (χ2n) is 8.80. The molecule has 7 nitrogen and oxygen atoms in total. The van der Waals surface area contributed by atoms with Crippen LogP contribution >= 0.6 is 11.3 Å². The molecule has 3 aromatic rings. The average Bonchev–Trinajstić information content (AvgIpc) is 3.45. The second kappa shape index (κ2) is 8.68. The zero-order valence-corrected chi connectivity index (χ0v) is 20.0. The summed E-state index contributed by atoms with van der Waals surface area (Å²) in [6.07, 6.45) is 3.34. The molecule has 2 N–H and O–H groups in total. The van der Waals surface area contributed by atoms with E-state index in [-0.39, 0.29) is 12.5 Å². The highest BCUT2D eigenvalue weighted by Gasteiger charge is 2.55. The number of carbonyl (C=O) groups is 3. The van der Waals surface area contributed by atoms with E-state index in [0.717, 1.165) is 45.0 Å².